The van der Waals surface area contributed by atoms with Crippen LogP contribution in [0.25, 0.3) is 0 Å². The van der Waals surface area contributed by atoms with Gasteiger partial charge in [-0.15, -0.1) is 0 Å². The summed E-state index contributed by atoms with van der Waals surface area (Å²) in [4.78, 5) is 0. The van der Waals surface area contributed by atoms with E-state index in [1.165, 1.54) is 0 Å². The minimum Gasteiger partial charge on any atom is -0.327 e. The molecule has 0 aliphatic carbocycles. The standard InChI is InChI=1S/C11H24N2O2S/c1-3-5-10(2)9-16(14,15)13-7-4-6-11(12)8-13/h10-11H,3-9,12H2,1-2H3. The number of piperidine rings is 1. The van der Waals surface area contributed by atoms with Gasteiger partial charge in [0.1, 0.15) is 0 Å². The van der Waals surface area contributed by atoms with Crippen LogP contribution in [0, 0.1) is 5.92 Å². The zero-order valence-electron chi connectivity index (χ0n) is 10.4. The smallest absolute Gasteiger partial charge is 0.214 e. The summed E-state index contributed by atoms with van der Waals surface area (Å²) >= 11 is 0. The molecule has 0 aromatic heterocycles. The first-order valence-electron chi connectivity index (χ1n) is 6.19. The fourth-order valence-electron chi connectivity index (χ4n) is 2.27. The van der Waals surface area contributed by atoms with Crippen molar-refractivity contribution in [1.29, 1.82) is 0 Å². The maximum atomic E-state index is 12.1. The molecule has 0 aromatic carbocycles. The monoisotopic (exact) mass is 248 g/mol. The molecule has 2 N–H and O–H groups in total. The highest BCUT2D eigenvalue weighted by molar-refractivity contribution is 7.89. The van der Waals surface area contributed by atoms with Gasteiger partial charge in [0.05, 0.1) is 5.75 Å². The van der Waals surface area contributed by atoms with Crippen LogP contribution in [0.2, 0.25) is 0 Å². The molecule has 2 atom stereocenters. The molecule has 1 fully saturated rings. The van der Waals surface area contributed by atoms with E-state index in [-0.39, 0.29) is 17.7 Å². The summed E-state index contributed by atoms with van der Waals surface area (Å²) in [5.41, 5.74) is 5.81. The van der Waals surface area contributed by atoms with Crippen LogP contribution in [0.3, 0.4) is 0 Å². The molecule has 2 unspecified atom stereocenters. The molecule has 1 aliphatic rings. The van der Waals surface area contributed by atoms with Crippen LogP contribution < -0.4 is 5.73 Å². The Kier molecular flexibility index (Phi) is 5.21. The summed E-state index contributed by atoms with van der Waals surface area (Å²) in [7, 11) is -3.08. The van der Waals surface area contributed by atoms with Crippen molar-refractivity contribution in [3.8, 4) is 0 Å². The van der Waals surface area contributed by atoms with Crippen LogP contribution in [-0.2, 0) is 10.0 Å². The lowest BCUT2D eigenvalue weighted by molar-refractivity contribution is 0.313. The van der Waals surface area contributed by atoms with Gasteiger partial charge in [0.2, 0.25) is 10.0 Å². The van der Waals surface area contributed by atoms with Gasteiger partial charge >= 0.3 is 0 Å². The molecular weight excluding hydrogens is 224 g/mol. The molecule has 0 radical (unpaired) electrons. The second-order valence-electron chi connectivity index (χ2n) is 4.93. The number of hydrogen-bond acceptors (Lipinski definition) is 3. The lowest BCUT2D eigenvalue weighted by Crippen LogP contribution is -2.47. The molecule has 1 rings (SSSR count). The Labute approximate surface area is 99.2 Å². The predicted molar refractivity (Wildman–Crippen MR) is 66.6 cm³/mol. The van der Waals surface area contributed by atoms with Crippen molar-refractivity contribution in [1.82, 2.24) is 4.31 Å². The molecule has 0 spiro atoms. The van der Waals surface area contributed by atoms with Gasteiger partial charge in [0.15, 0.2) is 0 Å². The van der Waals surface area contributed by atoms with Crippen molar-refractivity contribution in [2.45, 2.75) is 45.6 Å². The van der Waals surface area contributed by atoms with E-state index in [2.05, 4.69) is 6.92 Å². The first kappa shape index (κ1) is 13.9. The van der Waals surface area contributed by atoms with Crippen molar-refractivity contribution in [2.24, 2.45) is 11.7 Å². The molecular formula is C11H24N2O2S. The third-order valence-electron chi connectivity index (χ3n) is 3.09. The molecule has 1 heterocycles. The second kappa shape index (κ2) is 5.98. The van der Waals surface area contributed by atoms with Crippen LogP contribution in [0.1, 0.15) is 39.5 Å². The van der Waals surface area contributed by atoms with E-state index in [0.717, 1.165) is 25.7 Å². The SMILES string of the molecule is CCCC(C)CS(=O)(=O)N1CCCC(N)C1. The maximum absolute atomic E-state index is 12.1. The molecule has 1 aliphatic heterocycles. The molecule has 0 saturated carbocycles. The lowest BCUT2D eigenvalue weighted by Gasteiger charge is -2.30. The topological polar surface area (TPSA) is 63.4 Å². The van der Waals surface area contributed by atoms with E-state index in [0.29, 0.717) is 13.1 Å². The Bertz CT molecular complexity index is 303. The summed E-state index contributed by atoms with van der Waals surface area (Å²) in [5, 5.41) is 0. The molecule has 1 saturated heterocycles. The second-order valence-corrected chi connectivity index (χ2v) is 6.95. The highest BCUT2D eigenvalue weighted by Crippen LogP contribution is 2.17. The molecule has 4 nitrogen and oxygen atoms in total. The van der Waals surface area contributed by atoms with Crippen molar-refractivity contribution in [3.63, 3.8) is 0 Å². The number of hydrogen-bond donors (Lipinski definition) is 1. The van der Waals surface area contributed by atoms with Crippen LogP contribution >= 0.6 is 0 Å². The van der Waals surface area contributed by atoms with Crippen LogP contribution in [-0.4, -0.2) is 37.6 Å². The Hall–Kier alpha value is -0.130. The summed E-state index contributed by atoms with van der Waals surface area (Å²) in [5.74, 6) is 0.515. The van der Waals surface area contributed by atoms with Gasteiger partial charge in [0.25, 0.3) is 0 Å². The minimum atomic E-state index is -3.08. The Morgan fingerprint density at radius 1 is 1.50 bits per heavy atom. The average molecular weight is 248 g/mol. The van der Waals surface area contributed by atoms with Gasteiger partial charge in [-0.3, -0.25) is 0 Å². The highest BCUT2D eigenvalue weighted by Gasteiger charge is 2.28. The molecule has 96 valence electrons. The lowest BCUT2D eigenvalue weighted by atomic mass is 10.1. The first-order chi connectivity index (χ1) is 7.45. The molecule has 0 aromatic rings. The van der Waals surface area contributed by atoms with Gasteiger partial charge in [0, 0.05) is 19.1 Å². The summed E-state index contributed by atoms with van der Waals surface area (Å²) < 4.78 is 25.8. The first-order valence-corrected chi connectivity index (χ1v) is 7.80. The van der Waals surface area contributed by atoms with Crippen molar-refractivity contribution < 1.29 is 8.42 Å². The fourth-order valence-corrected chi connectivity index (χ4v) is 4.19. The summed E-state index contributed by atoms with van der Waals surface area (Å²) in [6, 6.07) is 0.0185. The average Bonchev–Trinajstić information content (AvgIpc) is 2.17. The molecule has 0 bridgehead atoms. The maximum Gasteiger partial charge on any atom is 0.214 e. The largest absolute Gasteiger partial charge is 0.327 e. The number of nitrogens with zero attached hydrogens (tertiary/aromatic N) is 1. The van der Waals surface area contributed by atoms with Gasteiger partial charge in [-0.25, -0.2) is 12.7 Å². The zero-order valence-corrected chi connectivity index (χ0v) is 11.2. The highest BCUT2D eigenvalue weighted by atomic mass is 32.2. The van der Waals surface area contributed by atoms with Gasteiger partial charge in [-0.2, -0.15) is 0 Å². The predicted octanol–water partition coefficient (Wildman–Crippen LogP) is 1.18. The number of sulfonamides is 1. The van der Waals surface area contributed by atoms with E-state index in [9.17, 15) is 8.42 Å². The van der Waals surface area contributed by atoms with Gasteiger partial charge < -0.3 is 5.73 Å². The van der Waals surface area contributed by atoms with E-state index in [4.69, 9.17) is 5.73 Å². The minimum absolute atomic E-state index is 0.0185. The third kappa shape index (κ3) is 4.03. The van der Waals surface area contributed by atoms with Crippen LogP contribution in [0.4, 0.5) is 0 Å². The zero-order chi connectivity index (χ0) is 12.2. The number of rotatable bonds is 5. The summed E-state index contributed by atoms with van der Waals surface area (Å²) in [6.45, 7) is 5.24. The van der Waals surface area contributed by atoms with Crippen LogP contribution in [0.5, 0.6) is 0 Å². The van der Waals surface area contributed by atoms with E-state index in [1.807, 2.05) is 6.92 Å². The van der Waals surface area contributed by atoms with Crippen molar-refractivity contribution in [3.05, 3.63) is 0 Å². The Morgan fingerprint density at radius 2 is 2.19 bits per heavy atom. The fraction of sp³-hybridized carbons (Fsp3) is 1.00. The normalized spacial score (nSPS) is 25.6. The Morgan fingerprint density at radius 3 is 2.75 bits per heavy atom. The summed E-state index contributed by atoms with van der Waals surface area (Å²) in [6.07, 6.45) is 3.84. The van der Waals surface area contributed by atoms with E-state index >= 15 is 0 Å². The van der Waals surface area contributed by atoms with Gasteiger partial charge in [-0.05, 0) is 25.2 Å². The van der Waals surface area contributed by atoms with Gasteiger partial charge in [-0.1, -0.05) is 20.3 Å². The van der Waals surface area contributed by atoms with E-state index in [1.54, 1.807) is 4.31 Å². The van der Waals surface area contributed by atoms with Crippen molar-refractivity contribution in [2.75, 3.05) is 18.8 Å². The third-order valence-corrected chi connectivity index (χ3v) is 5.20. The quantitative estimate of drug-likeness (QED) is 0.794. The van der Waals surface area contributed by atoms with E-state index < -0.39 is 10.0 Å². The van der Waals surface area contributed by atoms with Crippen molar-refractivity contribution >= 4 is 10.0 Å². The van der Waals surface area contributed by atoms with Crippen LogP contribution in [0.15, 0.2) is 0 Å². The molecule has 0 amide bonds. The number of nitrogens with two attached hydrogens (primary N) is 1. The molecule has 5 heteroatoms. The molecule has 16 heavy (non-hydrogen) atoms. The Balaban J connectivity index is 2.55.